The summed E-state index contributed by atoms with van der Waals surface area (Å²) in [4.78, 5) is 2.34. The van der Waals surface area contributed by atoms with Crippen LogP contribution in [-0.2, 0) is 0 Å². The molecule has 0 aromatic heterocycles. The van der Waals surface area contributed by atoms with Crippen LogP contribution in [0.4, 0.5) is 0 Å². The summed E-state index contributed by atoms with van der Waals surface area (Å²) in [7, 11) is 2.15. The van der Waals surface area contributed by atoms with Gasteiger partial charge in [0.25, 0.3) is 0 Å². The van der Waals surface area contributed by atoms with Gasteiger partial charge < -0.3 is 5.32 Å². The lowest BCUT2D eigenvalue weighted by Gasteiger charge is -2.28. The third-order valence-corrected chi connectivity index (χ3v) is 3.35. The van der Waals surface area contributed by atoms with Gasteiger partial charge in [-0.05, 0) is 52.4 Å². The highest BCUT2D eigenvalue weighted by Gasteiger charge is 2.13. The van der Waals surface area contributed by atoms with Crippen LogP contribution in [-0.4, -0.2) is 30.6 Å². The number of benzene rings is 1. The Bertz CT molecular complexity index is 371. The van der Waals surface area contributed by atoms with Gasteiger partial charge in [0.05, 0.1) is 0 Å². The van der Waals surface area contributed by atoms with Crippen LogP contribution >= 0.6 is 11.6 Å². The summed E-state index contributed by atoms with van der Waals surface area (Å²) in [6, 6.07) is 8.48. The van der Waals surface area contributed by atoms with Crippen molar-refractivity contribution in [3.63, 3.8) is 0 Å². The number of hydrogen-bond acceptors (Lipinski definition) is 2. The van der Waals surface area contributed by atoms with E-state index >= 15 is 0 Å². The third-order valence-electron chi connectivity index (χ3n) is 3.11. The first-order chi connectivity index (χ1) is 8.29. The van der Waals surface area contributed by atoms with Crippen molar-refractivity contribution in [2.45, 2.75) is 39.3 Å². The number of nitrogens with zero attached hydrogens (tertiary/aromatic N) is 1. The topological polar surface area (TPSA) is 15.3 Å². The Labute approximate surface area is 116 Å². The van der Waals surface area contributed by atoms with E-state index in [1.807, 2.05) is 18.2 Å². The largest absolute Gasteiger partial charge is 0.311 e. The van der Waals surface area contributed by atoms with Gasteiger partial charge in [0, 0.05) is 29.7 Å². The molecular formula is C15H25ClN2. The first kappa shape index (κ1) is 15.5. The van der Waals surface area contributed by atoms with Crippen molar-refractivity contribution in [3.05, 3.63) is 34.9 Å². The highest BCUT2D eigenvalue weighted by atomic mass is 35.5. The van der Waals surface area contributed by atoms with Crippen LogP contribution in [0.1, 0.15) is 39.3 Å². The van der Waals surface area contributed by atoms with Crippen molar-refractivity contribution in [2.24, 2.45) is 0 Å². The predicted molar refractivity (Wildman–Crippen MR) is 80.3 cm³/mol. The minimum Gasteiger partial charge on any atom is -0.311 e. The van der Waals surface area contributed by atoms with Gasteiger partial charge in [-0.3, -0.25) is 4.90 Å². The SMILES string of the molecule is CC(c1cccc(Cl)c1)N(C)CCNC(C)(C)C. The monoisotopic (exact) mass is 268 g/mol. The molecule has 102 valence electrons. The fourth-order valence-electron chi connectivity index (χ4n) is 1.82. The third kappa shape index (κ3) is 5.38. The Kier molecular flexibility index (Phi) is 5.64. The molecule has 0 aliphatic rings. The number of halogens is 1. The molecule has 1 aromatic carbocycles. The molecule has 0 heterocycles. The van der Waals surface area contributed by atoms with Crippen LogP contribution in [0.25, 0.3) is 0 Å². The van der Waals surface area contributed by atoms with E-state index in [4.69, 9.17) is 11.6 Å². The van der Waals surface area contributed by atoms with Gasteiger partial charge in [0.1, 0.15) is 0 Å². The highest BCUT2D eigenvalue weighted by molar-refractivity contribution is 6.30. The molecule has 0 saturated carbocycles. The van der Waals surface area contributed by atoms with Crippen molar-refractivity contribution in [2.75, 3.05) is 20.1 Å². The summed E-state index contributed by atoms with van der Waals surface area (Å²) in [5, 5.41) is 4.31. The van der Waals surface area contributed by atoms with Gasteiger partial charge >= 0.3 is 0 Å². The van der Waals surface area contributed by atoms with E-state index in [1.54, 1.807) is 0 Å². The van der Waals surface area contributed by atoms with Crippen LogP contribution in [0.15, 0.2) is 24.3 Å². The van der Waals surface area contributed by atoms with Crippen LogP contribution in [0.5, 0.6) is 0 Å². The van der Waals surface area contributed by atoms with Crippen LogP contribution in [0.2, 0.25) is 5.02 Å². The molecule has 0 fully saturated rings. The van der Waals surface area contributed by atoms with Crippen LogP contribution in [0, 0.1) is 0 Å². The van der Waals surface area contributed by atoms with Gasteiger partial charge in [-0.25, -0.2) is 0 Å². The summed E-state index contributed by atoms with van der Waals surface area (Å²) in [6.07, 6.45) is 0. The average molecular weight is 269 g/mol. The zero-order chi connectivity index (χ0) is 13.8. The lowest BCUT2D eigenvalue weighted by Crippen LogP contribution is -2.41. The van der Waals surface area contributed by atoms with E-state index in [2.05, 4.69) is 51.0 Å². The normalized spacial score (nSPS) is 13.9. The van der Waals surface area contributed by atoms with Gasteiger partial charge in [0.2, 0.25) is 0 Å². The van der Waals surface area contributed by atoms with Gasteiger partial charge in [-0.15, -0.1) is 0 Å². The maximum absolute atomic E-state index is 6.03. The zero-order valence-electron chi connectivity index (χ0n) is 12.1. The van der Waals surface area contributed by atoms with E-state index in [1.165, 1.54) is 5.56 Å². The van der Waals surface area contributed by atoms with Crippen LogP contribution < -0.4 is 5.32 Å². The molecule has 1 unspecified atom stereocenters. The zero-order valence-corrected chi connectivity index (χ0v) is 12.9. The maximum Gasteiger partial charge on any atom is 0.0409 e. The molecule has 0 aliphatic heterocycles. The second-order valence-corrected chi connectivity index (χ2v) is 6.32. The second kappa shape index (κ2) is 6.55. The molecule has 0 aliphatic carbocycles. The summed E-state index contributed by atoms with van der Waals surface area (Å²) >= 11 is 6.03. The average Bonchev–Trinajstić information content (AvgIpc) is 2.26. The van der Waals surface area contributed by atoms with Crippen molar-refractivity contribution in [3.8, 4) is 0 Å². The molecule has 0 spiro atoms. The lowest BCUT2D eigenvalue weighted by molar-refractivity contribution is 0.250. The van der Waals surface area contributed by atoms with Gasteiger partial charge in [0.15, 0.2) is 0 Å². The first-order valence-corrected chi connectivity index (χ1v) is 6.88. The fourth-order valence-corrected chi connectivity index (χ4v) is 2.02. The molecule has 1 rings (SSSR count). The summed E-state index contributed by atoms with van der Waals surface area (Å²) in [5.74, 6) is 0. The standard InChI is InChI=1S/C15H25ClN2/c1-12(13-7-6-8-14(16)11-13)18(5)10-9-17-15(2,3)4/h6-8,11-12,17H,9-10H2,1-5H3. The molecule has 1 aromatic rings. The van der Waals surface area contributed by atoms with E-state index in [-0.39, 0.29) is 5.54 Å². The number of nitrogens with one attached hydrogen (secondary N) is 1. The van der Waals surface area contributed by atoms with Crippen LogP contribution in [0.3, 0.4) is 0 Å². The minimum absolute atomic E-state index is 0.181. The van der Waals surface area contributed by atoms with Crippen molar-refractivity contribution in [1.82, 2.24) is 10.2 Å². The number of rotatable bonds is 5. The van der Waals surface area contributed by atoms with Crippen molar-refractivity contribution in [1.29, 1.82) is 0 Å². The fraction of sp³-hybridized carbons (Fsp3) is 0.600. The molecule has 1 atom stereocenters. The molecular weight excluding hydrogens is 244 g/mol. The number of likely N-dealkylation sites (N-methyl/N-ethyl adjacent to an activating group) is 1. The van der Waals surface area contributed by atoms with E-state index in [9.17, 15) is 0 Å². The molecule has 0 saturated heterocycles. The number of hydrogen-bond donors (Lipinski definition) is 1. The summed E-state index contributed by atoms with van der Waals surface area (Å²) in [6.45, 7) is 10.8. The van der Waals surface area contributed by atoms with E-state index < -0.39 is 0 Å². The summed E-state index contributed by atoms with van der Waals surface area (Å²) in [5.41, 5.74) is 1.45. The molecule has 0 radical (unpaired) electrons. The Morgan fingerprint density at radius 1 is 1.33 bits per heavy atom. The first-order valence-electron chi connectivity index (χ1n) is 6.50. The second-order valence-electron chi connectivity index (χ2n) is 5.89. The maximum atomic E-state index is 6.03. The molecule has 18 heavy (non-hydrogen) atoms. The lowest BCUT2D eigenvalue weighted by atomic mass is 10.1. The van der Waals surface area contributed by atoms with E-state index in [0.717, 1.165) is 18.1 Å². The van der Waals surface area contributed by atoms with Crippen molar-refractivity contribution >= 4 is 11.6 Å². The minimum atomic E-state index is 0.181. The predicted octanol–water partition coefficient (Wildman–Crippen LogP) is 3.72. The molecule has 3 heteroatoms. The Morgan fingerprint density at radius 3 is 2.56 bits per heavy atom. The molecule has 2 nitrogen and oxygen atoms in total. The highest BCUT2D eigenvalue weighted by Crippen LogP contribution is 2.21. The smallest absolute Gasteiger partial charge is 0.0409 e. The Morgan fingerprint density at radius 2 is 2.00 bits per heavy atom. The molecule has 0 bridgehead atoms. The molecule has 0 amide bonds. The quantitative estimate of drug-likeness (QED) is 0.876. The van der Waals surface area contributed by atoms with Crippen molar-refractivity contribution < 1.29 is 0 Å². The Balaban J connectivity index is 2.49. The van der Waals surface area contributed by atoms with Gasteiger partial charge in [-0.2, -0.15) is 0 Å². The van der Waals surface area contributed by atoms with E-state index in [0.29, 0.717) is 6.04 Å². The summed E-state index contributed by atoms with van der Waals surface area (Å²) < 4.78 is 0. The Hall–Kier alpha value is -0.570. The molecule has 1 N–H and O–H groups in total. The van der Waals surface area contributed by atoms with Gasteiger partial charge in [-0.1, -0.05) is 23.7 Å².